The summed E-state index contributed by atoms with van der Waals surface area (Å²) in [4.78, 5) is 14.6. The number of nitrogens with zero attached hydrogens (tertiary/aromatic N) is 1. The van der Waals surface area contributed by atoms with Gasteiger partial charge in [0.1, 0.15) is 0 Å². The second-order valence-corrected chi connectivity index (χ2v) is 4.39. The summed E-state index contributed by atoms with van der Waals surface area (Å²) in [5, 5.41) is 8.60. The SMILES string of the molecule is Cc1cc(C)cc(-c2cnc(CCC(=O)O)o2)c1. The van der Waals surface area contributed by atoms with E-state index in [0.717, 1.165) is 16.7 Å². The van der Waals surface area contributed by atoms with E-state index in [1.54, 1.807) is 6.20 Å². The van der Waals surface area contributed by atoms with Gasteiger partial charge in [-0.05, 0) is 26.0 Å². The molecule has 0 radical (unpaired) electrons. The quantitative estimate of drug-likeness (QED) is 0.899. The Balaban J connectivity index is 2.21. The van der Waals surface area contributed by atoms with E-state index in [1.807, 2.05) is 26.0 Å². The first-order valence-corrected chi connectivity index (χ1v) is 5.80. The van der Waals surface area contributed by atoms with E-state index in [1.165, 1.54) is 0 Å². The number of hydrogen-bond acceptors (Lipinski definition) is 3. The Bertz CT molecular complexity index is 552. The van der Waals surface area contributed by atoms with E-state index in [9.17, 15) is 4.79 Å². The fourth-order valence-corrected chi connectivity index (χ4v) is 1.89. The number of carbonyl (C=O) groups is 1. The average molecular weight is 245 g/mol. The van der Waals surface area contributed by atoms with Gasteiger partial charge in [-0.1, -0.05) is 17.2 Å². The third kappa shape index (κ3) is 2.97. The first-order valence-electron chi connectivity index (χ1n) is 5.80. The highest BCUT2D eigenvalue weighted by Gasteiger charge is 2.08. The molecule has 0 amide bonds. The largest absolute Gasteiger partial charge is 0.481 e. The van der Waals surface area contributed by atoms with Crippen LogP contribution in [0.4, 0.5) is 0 Å². The molecule has 4 heteroatoms. The second kappa shape index (κ2) is 5.04. The zero-order valence-corrected chi connectivity index (χ0v) is 10.4. The Morgan fingerprint density at radius 2 is 1.94 bits per heavy atom. The number of hydrogen-bond donors (Lipinski definition) is 1. The Labute approximate surface area is 105 Å². The Morgan fingerprint density at radius 3 is 2.56 bits per heavy atom. The van der Waals surface area contributed by atoms with Crippen molar-refractivity contribution >= 4 is 5.97 Å². The predicted molar refractivity (Wildman–Crippen MR) is 67.4 cm³/mol. The summed E-state index contributed by atoms with van der Waals surface area (Å²) < 4.78 is 5.56. The zero-order valence-electron chi connectivity index (χ0n) is 10.4. The van der Waals surface area contributed by atoms with Gasteiger partial charge in [0.15, 0.2) is 11.7 Å². The molecule has 0 fully saturated rings. The first kappa shape index (κ1) is 12.4. The maximum Gasteiger partial charge on any atom is 0.303 e. The lowest BCUT2D eigenvalue weighted by molar-refractivity contribution is -0.137. The number of aryl methyl sites for hydroxylation is 3. The molecule has 0 unspecified atom stereocenters. The fourth-order valence-electron chi connectivity index (χ4n) is 1.89. The van der Waals surface area contributed by atoms with E-state index in [2.05, 4.69) is 11.1 Å². The molecule has 0 atom stereocenters. The van der Waals surface area contributed by atoms with Gasteiger partial charge < -0.3 is 9.52 Å². The maximum atomic E-state index is 10.5. The summed E-state index contributed by atoms with van der Waals surface area (Å²) in [7, 11) is 0. The molecule has 0 bridgehead atoms. The van der Waals surface area contributed by atoms with Gasteiger partial charge >= 0.3 is 5.97 Å². The van der Waals surface area contributed by atoms with Crippen LogP contribution in [0, 0.1) is 13.8 Å². The third-order valence-corrected chi connectivity index (χ3v) is 2.61. The van der Waals surface area contributed by atoms with Crippen molar-refractivity contribution in [3.8, 4) is 11.3 Å². The lowest BCUT2D eigenvalue weighted by atomic mass is 10.1. The Hall–Kier alpha value is -2.10. The van der Waals surface area contributed by atoms with Gasteiger partial charge in [0, 0.05) is 12.0 Å². The number of carboxylic acids is 1. The lowest BCUT2D eigenvalue weighted by Crippen LogP contribution is -1.97. The van der Waals surface area contributed by atoms with Crippen LogP contribution in [0.15, 0.2) is 28.8 Å². The molecule has 1 aromatic carbocycles. The predicted octanol–water partition coefficient (Wildman–Crippen LogP) is 2.98. The zero-order chi connectivity index (χ0) is 13.1. The van der Waals surface area contributed by atoms with Crippen molar-refractivity contribution in [1.29, 1.82) is 0 Å². The molecule has 1 heterocycles. The molecule has 0 saturated carbocycles. The third-order valence-electron chi connectivity index (χ3n) is 2.61. The van der Waals surface area contributed by atoms with E-state index in [0.29, 0.717) is 18.1 Å². The van der Waals surface area contributed by atoms with Gasteiger partial charge in [-0.3, -0.25) is 4.79 Å². The molecule has 0 saturated heterocycles. The molecule has 0 spiro atoms. The monoisotopic (exact) mass is 245 g/mol. The van der Waals surface area contributed by atoms with Crippen LogP contribution in [0.2, 0.25) is 0 Å². The van der Waals surface area contributed by atoms with Gasteiger partial charge in [-0.2, -0.15) is 0 Å². The van der Waals surface area contributed by atoms with Crippen molar-refractivity contribution in [2.45, 2.75) is 26.7 Å². The summed E-state index contributed by atoms with van der Waals surface area (Å²) in [5.74, 6) is 0.301. The molecule has 0 aliphatic heterocycles. The molecule has 2 aromatic rings. The highest BCUT2D eigenvalue weighted by atomic mass is 16.4. The van der Waals surface area contributed by atoms with Gasteiger partial charge in [0.2, 0.25) is 0 Å². The van der Waals surface area contributed by atoms with Gasteiger partial charge in [0.25, 0.3) is 0 Å². The van der Waals surface area contributed by atoms with E-state index in [-0.39, 0.29) is 6.42 Å². The number of aliphatic carboxylic acids is 1. The topological polar surface area (TPSA) is 63.3 Å². The van der Waals surface area contributed by atoms with Gasteiger partial charge in [-0.25, -0.2) is 4.98 Å². The van der Waals surface area contributed by atoms with Crippen molar-refractivity contribution < 1.29 is 14.3 Å². The van der Waals surface area contributed by atoms with Gasteiger partial charge in [0.05, 0.1) is 12.6 Å². The second-order valence-electron chi connectivity index (χ2n) is 4.39. The smallest absolute Gasteiger partial charge is 0.303 e. The standard InChI is InChI=1S/C14H15NO3/c1-9-5-10(2)7-11(6-9)12-8-15-13(18-12)3-4-14(16)17/h5-8H,3-4H2,1-2H3,(H,16,17). The van der Waals surface area contributed by atoms with Crippen LogP contribution < -0.4 is 0 Å². The number of aromatic nitrogens is 1. The minimum Gasteiger partial charge on any atom is -0.481 e. The van der Waals surface area contributed by atoms with Crippen LogP contribution in [-0.2, 0) is 11.2 Å². The molecule has 94 valence electrons. The molecular weight excluding hydrogens is 230 g/mol. The summed E-state index contributed by atoms with van der Waals surface area (Å²) >= 11 is 0. The molecule has 2 rings (SSSR count). The van der Waals surface area contributed by atoms with Crippen molar-refractivity contribution in [2.24, 2.45) is 0 Å². The minimum atomic E-state index is -0.846. The van der Waals surface area contributed by atoms with E-state index in [4.69, 9.17) is 9.52 Å². The van der Waals surface area contributed by atoms with Crippen LogP contribution in [0.1, 0.15) is 23.4 Å². The maximum absolute atomic E-state index is 10.5. The Kier molecular flexibility index (Phi) is 3.46. The Morgan fingerprint density at radius 1 is 1.28 bits per heavy atom. The molecule has 1 N–H and O–H groups in total. The van der Waals surface area contributed by atoms with Gasteiger partial charge in [-0.15, -0.1) is 0 Å². The number of rotatable bonds is 4. The van der Waals surface area contributed by atoms with Crippen LogP contribution in [0.3, 0.4) is 0 Å². The number of oxazole rings is 1. The van der Waals surface area contributed by atoms with Crippen molar-refractivity contribution in [3.05, 3.63) is 41.4 Å². The average Bonchev–Trinajstić information content (AvgIpc) is 2.73. The van der Waals surface area contributed by atoms with Crippen LogP contribution >= 0.6 is 0 Å². The molecule has 4 nitrogen and oxygen atoms in total. The van der Waals surface area contributed by atoms with Crippen molar-refractivity contribution in [3.63, 3.8) is 0 Å². The van der Waals surface area contributed by atoms with Crippen LogP contribution in [0.5, 0.6) is 0 Å². The highest BCUT2D eigenvalue weighted by molar-refractivity contribution is 5.67. The summed E-state index contributed by atoms with van der Waals surface area (Å²) in [6.07, 6.45) is 2.00. The van der Waals surface area contributed by atoms with Crippen LogP contribution in [-0.4, -0.2) is 16.1 Å². The lowest BCUT2D eigenvalue weighted by Gasteiger charge is -2.01. The molecule has 0 aliphatic rings. The number of carboxylic acid groups (broad SMARTS) is 1. The van der Waals surface area contributed by atoms with E-state index >= 15 is 0 Å². The van der Waals surface area contributed by atoms with Crippen LogP contribution in [0.25, 0.3) is 11.3 Å². The summed E-state index contributed by atoms with van der Waals surface area (Å²) in [6.45, 7) is 4.05. The van der Waals surface area contributed by atoms with E-state index < -0.39 is 5.97 Å². The molecule has 0 aliphatic carbocycles. The molecular formula is C14H15NO3. The number of benzene rings is 1. The normalized spacial score (nSPS) is 10.6. The first-order chi connectivity index (χ1) is 8.54. The van der Waals surface area contributed by atoms with Crippen molar-refractivity contribution in [2.75, 3.05) is 0 Å². The minimum absolute atomic E-state index is 0.0345. The summed E-state index contributed by atoms with van der Waals surface area (Å²) in [6, 6.07) is 6.13. The fraction of sp³-hybridized carbons (Fsp3) is 0.286. The molecule has 1 aromatic heterocycles. The molecule has 18 heavy (non-hydrogen) atoms. The summed E-state index contributed by atoms with van der Waals surface area (Å²) in [5.41, 5.74) is 3.29. The highest BCUT2D eigenvalue weighted by Crippen LogP contribution is 2.23. The van der Waals surface area contributed by atoms with Crippen molar-refractivity contribution in [1.82, 2.24) is 4.98 Å².